The van der Waals surface area contributed by atoms with Crippen molar-refractivity contribution in [3.63, 3.8) is 0 Å². The molecule has 1 atom stereocenters. The van der Waals surface area contributed by atoms with Gasteiger partial charge in [0.2, 0.25) is 0 Å². The Bertz CT molecular complexity index is 2950. The van der Waals surface area contributed by atoms with Crippen LogP contribution in [0.3, 0.4) is 0 Å². The smallest absolute Gasteiger partial charge is 0.152 e. The van der Waals surface area contributed by atoms with Crippen molar-refractivity contribution in [2.24, 2.45) is 5.92 Å². The molecule has 260 valence electrons. The molecule has 55 heavy (non-hydrogen) atoms. The molecule has 0 bridgehead atoms. The second-order valence-corrected chi connectivity index (χ2v) is 14.9. The van der Waals surface area contributed by atoms with Crippen LogP contribution in [0.1, 0.15) is 35.6 Å². The minimum Gasteiger partial charge on any atom is -0.453 e. The van der Waals surface area contributed by atoms with Crippen LogP contribution in [-0.2, 0) is 5.41 Å². The Hall–Kier alpha value is -6.98. The third kappa shape index (κ3) is 4.02. The van der Waals surface area contributed by atoms with E-state index in [1.807, 2.05) is 24.4 Å². The molecule has 0 radical (unpaired) electrons. The molecule has 5 heteroatoms. The highest BCUT2D eigenvalue weighted by Crippen LogP contribution is 2.67. The highest BCUT2D eigenvalue weighted by atomic mass is 16.5. The maximum absolute atomic E-state index is 6.85. The summed E-state index contributed by atoms with van der Waals surface area (Å²) in [5.41, 5.74) is 14.3. The molecule has 2 aromatic heterocycles. The molecule has 12 rings (SSSR count). The Balaban J connectivity index is 1.18. The Labute approximate surface area is 319 Å². The summed E-state index contributed by atoms with van der Waals surface area (Å²) in [7, 11) is 0. The first-order valence-electron chi connectivity index (χ1n) is 19.1. The van der Waals surface area contributed by atoms with Gasteiger partial charge in [0.1, 0.15) is 5.82 Å². The lowest BCUT2D eigenvalue weighted by Gasteiger charge is -2.46. The minimum atomic E-state index is -0.585. The van der Waals surface area contributed by atoms with E-state index in [2.05, 4.69) is 162 Å². The lowest BCUT2D eigenvalue weighted by molar-refractivity contribution is 0.476. The van der Waals surface area contributed by atoms with E-state index in [0.29, 0.717) is 5.92 Å². The normalized spacial score (nSPS) is 16.8. The van der Waals surface area contributed by atoms with E-state index < -0.39 is 5.41 Å². The van der Waals surface area contributed by atoms with Gasteiger partial charge in [0, 0.05) is 34.1 Å². The van der Waals surface area contributed by atoms with Crippen molar-refractivity contribution in [1.82, 2.24) is 9.97 Å². The summed E-state index contributed by atoms with van der Waals surface area (Å²) in [5, 5.41) is 2.12. The van der Waals surface area contributed by atoms with E-state index in [1.54, 1.807) is 0 Å². The quantitative estimate of drug-likeness (QED) is 0.167. The summed E-state index contributed by atoms with van der Waals surface area (Å²) in [6, 6.07) is 52.5. The lowest BCUT2D eigenvalue weighted by atomic mass is 9.64. The van der Waals surface area contributed by atoms with Gasteiger partial charge in [0.15, 0.2) is 11.5 Å². The van der Waals surface area contributed by atoms with Gasteiger partial charge in [-0.2, -0.15) is 0 Å². The number of hydrogen-bond acceptors (Lipinski definition) is 5. The van der Waals surface area contributed by atoms with Crippen molar-refractivity contribution in [3.8, 4) is 22.6 Å². The summed E-state index contributed by atoms with van der Waals surface area (Å²) >= 11 is 0. The first-order chi connectivity index (χ1) is 27.2. The van der Waals surface area contributed by atoms with E-state index in [-0.39, 0.29) is 0 Å². The van der Waals surface area contributed by atoms with Crippen LogP contribution >= 0.6 is 0 Å². The van der Waals surface area contributed by atoms with Gasteiger partial charge in [0.25, 0.3) is 0 Å². The van der Waals surface area contributed by atoms with Crippen LogP contribution < -0.4 is 14.5 Å². The third-order valence-corrected chi connectivity index (χ3v) is 12.1. The van der Waals surface area contributed by atoms with Crippen LogP contribution in [0, 0.1) is 5.92 Å². The number of fused-ring (bicyclic) bond motifs is 15. The average Bonchev–Trinajstić information content (AvgIpc) is 3.54. The van der Waals surface area contributed by atoms with Crippen LogP contribution in [0.2, 0.25) is 0 Å². The third-order valence-electron chi connectivity index (χ3n) is 12.1. The Morgan fingerprint density at radius 3 is 2.09 bits per heavy atom. The predicted octanol–water partition coefficient (Wildman–Crippen LogP) is 12.7. The largest absolute Gasteiger partial charge is 0.453 e. The second kappa shape index (κ2) is 11.3. The highest BCUT2D eigenvalue weighted by molar-refractivity contribution is 6.06. The number of aromatic nitrogens is 2. The maximum atomic E-state index is 6.85. The fourth-order valence-corrected chi connectivity index (χ4v) is 9.81. The molecule has 0 fully saturated rings. The molecule has 0 saturated carbocycles. The molecule has 0 amide bonds. The maximum Gasteiger partial charge on any atom is 0.152 e. The molecule has 5 nitrogen and oxygen atoms in total. The van der Waals surface area contributed by atoms with Crippen molar-refractivity contribution in [1.29, 1.82) is 0 Å². The van der Waals surface area contributed by atoms with Gasteiger partial charge in [0.05, 0.1) is 39.2 Å². The average molecular weight is 707 g/mol. The van der Waals surface area contributed by atoms with Gasteiger partial charge in [-0.1, -0.05) is 116 Å². The molecule has 6 aromatic carbocycles. The Morgan fingerprint density at radius 1 is 0.600 bits per heavy atom. The van der Waals surface area contributed by atoms with Crippen LogP contribution in [0.15, 0.2) is 176 Å². The first kappa shape index (κ1) is 30.5. The van der Waals surface area contributed by atoms with Crippen molar-refractivity contribution in [2.75, 3.05) is 9.80 Å². The summed E-state index contributed by atoms with van der Waals surface area (Å²) in [5.74, 6) is 2.79. The molecular formula is C50H34N4O. The fraction of sp³-hybridized carbons (Fsp3) is 0.0800. The predicted molar refractivity (Wildman–Crippen MR) is 222 cm³/mol. The molecule has 4 aliphatic rings. The van der Waals surface area contributed by atoms with E-state index in [9.17, 15) is 0 Å². The van der Waals surface area contributed by atoms with Crippen molar-refractivity contribution in [2.45, 2.75) is 18.8 Å². The summed E-state index contributed by atoms with van der Waals surface area (Å²) in [6.07, 6.45) is 9.65. The molecule has 8 aromatic rings. The zero-order chi connectivity index (χ0) is 36.3. The number of anilines is 5. The molecule has 2 aliphatic heterocycles. The molecule has 1 unspecified atom stereocenters. The van der Waals surface area contributed by atoms with E-state index >= 15 is 0 Å². The highest BCUT2D eigenvalue weighted by Gasteiger charge is 2.53. The van der Waals surface area contributed by atoms with Gasteiger partial charge in [-0.15, -0.1) is 0 Å². The van der Waals surface area contributed by atoms with Gasteiger partial charge in [-0.25, -0.2) is 4.98 Å². The summed E-state index contributed by atoms with van der Waals surface area (Å²) in [6.45, 7) is 2.34. The van der Waals surface area contributed by atoms with Gasteiger partial charge < -0.3 is 9.64 Å². The summed E-state index contributed by atoms with van der Waals surface area (Å²) in [4.78, 5) is 15.1. The number of ether oxygens (including phenoxy) is 1. The van der Waals surface area contributed by atoms with Gasteiger partial charge >= 0.3 is 0 Å². The van der Waals surface area contributed by atoms with E-state index in [4.69, 9.17) is 14.7 Å². The Morgan fingerprint density at radius 2 is 1.29 bits per heavy atom. The fourth-order valence-electron chi connectivity index (χ4n) is 9.81. The molecule has 0 saturated heterocycles. The zero-order valence-electron chi connectivity index (χ0n) is 30.1. The minimum absolute atomic E-state index is 0.378. The van der Waals surface area contributed by atoms with E-state index in [0.717, 1.165) is 62.5 Å². The zero-order valence-corrected chi connectivity index (χ0v) is 30.1. The van der Waals surface area contributed by atoms with Crippen molar-refractivity contribution in [3.05, 3.63) is 198 Å². The molecule has 2 aliphatic carbocycles. The standard InChI is InChI=1S/C50H34N4O/c1-31-13-2-7-19-39(31)53-40-20-8-5-17-36(40)50(37-18-6-9-21-41(37)53)35-16-4-3-15-34(35)46-38(50)27-28-44-49(46)54(42-22-10-11-23-43(42)55-44)45-29-26-33-25-24-32-14-12-30-51-47(32)48(33)52-45/h2-12,14-31H,13H2,1H3. The van der Waals surface area contributed by atoms with Crippen LogP contribution in [-0.4, -0.2) is 9.97 Å². The summed E-state index contributed by atoms with van der Waals surface area (Å²) < 4.78 is 6.85. The van der Waals surface area contributed by atoms with Gasteiger partial charge in [-0.05, 0) is 88.8 Å². The number of allylic oxidation sites excluding steroid dienone is 4. The van der Waals surface area contributed by atoms with E-state index in [1.165, 1.54) is 44.9 Å². The number of nitrogens with zero attached hydrogens (tertiary/aromatic N) is 4. The number of hydrogen-bond donors (Lipinski definition) is 0. The number of para-hydroxylation sites is 4. The molecular weight excluding hydrogens is 673 g/mol. The monoisotopic (exact) mass is 706 g/mol. The number of benzene rings is 6. The molecule has 4 heterocycles. The topological polar surface area (TPSA) is 41.5 Å². The molecule has 0 N–H and O–H groups in total. The van der Waals surface area contributed by atoms with Gasteiger partial charge in [-0.3, -0.25) is 9.88 Å². The van der Waals surface area contributed by atoms with Crippen molar-refractivity contribution >= 4 is 50.4 Å². The lowest BCUT2D eigenvalue weighted by Crippen LogP contribution is -2.38. The van der Waals surface area contributed by atoms with Crippen LogP contribution in [0.25, 0.3) is 32.9 Å². The number of pyridine rings is 2. The van der Waals surface area contributed by atoms with Crippen molar-refractivity contribution < 1.29 is 4.74 Å². The second-order valence-electron chi connectivity index (χ2n) is 14.9. The number of rotatable bonds is 2. The van der Waals surface area contributed by atoms with Crippen LogP contribution in [0.4, 0.5) is 28.6 Å². The SMILES string of the molecule is CC1CC=CC=C1N1c2ccccc2C2(c3ccccc3-c3c2ccc2c3N(c3ccc4ccc5cccnc5c4n3)c3ccccc3O2)c2ccccc21. The first-order valence-corrected chi connectivity index (χ1v) is 19.1. The Kier molecular flexibility index (Phi) is 6.24. The molecule has 1 spiro atoms. The van der Waals surface area contributed by atoms with Crippen LogP contribution in [0.5, 0.6) is 11.5 Å².